The van der Waals surface area contributed by atoms with E-state index in [1.165, 1.54) is 4.31 Å². The van der Waals surface area contributed by atoms with Gasteiger partial charge in [0.25, 0.3) is 0 Å². The number of hydrogen-bond acceptors (Lipinski definition) is 5. The fourth-order valence-electron chi connectivity index (χ4n) is 6.13. The van der Waals surface area contributed by atoms with Crippen LogP contribution in [-0.2, 0) is 16.6 Å². The van der Waals surface area contributed by atoms with Gasteiger partial charge in [-0.25, -0.2) is 12.8 Å². The summed E-state index contributed by atoms with van der Waals surface area (Å²) in [5.74, 6) is -0.344. The molecular weight excluding hydrogens is 465 g/mol. The summed E-state index contributed by atoms with van der Waals surface area (Å²) in [4.78, 5) is 2.21. The average Bonchev–Trinajstić information content (AvgIpc) is 3.31. The van der Waals surface area contributed by atoms with Crippen molar-refractivity contribution in [3.05, 3.63) is 78.1 Å². The van der Waals surface area contributed by atoms with Gasteiger partial charge in [0.05, 0.1) is 0 Å². The van der Waals surface area contributed by atoms with Gasteiger partial charge in [-0.1, -0.05) is 36.4 Å². The highest BCUT2D eigenvalue weighted by Gasteiger charge is 2.53. The maximum atomic E-state index is 15.2. The quantitative estimate of drug-likeness (QED) is 0.527. The van der Waals surface area contributed by atoms with E-state index in [0.29, 0.717) is 23.4 Å². The van der Waals surface area contributed by atoms with Crippen LogP contribution >= 0.6 is 0 Å². The molecule has 1 aromatic heterocycles. The molecule has 3 fully saturated rings. The van der Waals surface area contributed by atoms with Crippen LogP contribution in [-0.4, -0.2) is 46.6 Å². The van der Waals surface area contributed by atoms with Crippen molar-refractivity contribution < 1.29 is 12.8 Å². The molecule has 0 amide bonds. The van der Waals surface area contributed by atoms with E-state index in [9.17, 15) is 8.42 Å². The van der Waals surface area contributed by atoms with Crippen LogP contribution < -0.4 is 4.90 Å². The first kappa shape index (κ1) is 22.7. The molecule has 1 aliphatic carbocycles. The van der Waals surface area contributed by atoms with Crippen molar-refractivity contribution in [2.24, 2.45) is 5.41 Å². The van der Waals surface area contributed by atoms with Crippen molar-refractivity contribution in [3.63, 3.8) is 0 Å². The monoisotopic (exact) mass is 495 g/mol. The number of aromatic nitrogens is 3. The predicted octanol–water partition coefficient (Wildman–Crippen LogP) is 4.31. The topological polar surface area (TPSA) is 71.3 Å². The van der Waals surface area contributed by atoms with Crippen LogP contribution in [0.4, 0.5) is 10.1 Å². The zero-order chi connectivity index (χ0) is 24.2. The summed E-state index contributed by atoms with van der Waals surface area (Å²) in [6.45, 7) is 3.81. The second-order valence-corrected chi connectivity index (χ2v) is 12.6. The van der Waals surface area contributed by atoms with E-state index in [0.717, 1.165) is 43.6 Å². The Bertz CT molecular complexity index is 1300. The zero-order valence-electron chi connectivity index (χ0n) is 19.8. The first-order valence-electron chi connectivity index (χ1n) is 12.3. The van der Waals surface area contributed by atoms with E-state index >= 15 is 4.39 Å². The van der Waals surface area contributed by atoms with Gasteiger partial charge >= 0.3 is 0 Å². The lowest BCUT2D eigenvalue weighted by atomic mass is 9.60. The molecule has 9 heteroatoms. The van der Waals surface area contributed by atoms with Crippen molar-refractivity contribution in [1.82, 2.24) is 19.1 Å². The molecule has 3 aliphatic rings. The summed E-state index contributed by atoms with van der Waals surface area (Å²) in [5.41, 5.74) is 2.38. The third-order valence-corrected chi connectivity index (χ3v) is 10.5. The number of rotatable bonds is 5. The number of hydrogen-bond donors (Lipinski definition) is 0. The molecule has 2 aromatic carbocycles. The molecule has 2 atom stereocenters. The zero-order valence-corrected chi connectivity index (χ0v) is 20.6. The van der Waals surface area contributed by atoms with Gasteiger partial charge in [-0.05, 0) is 50.3 Å². The van der Waals surface area contributed by atoms with Gasteiger partial charge in [-0.15, -0.1) is 10.2 Å². The van der Waals surface area contributed by atoms with E-state index in [1.54, 1.807) is 24.8 Å². The van der Waals surface area contributed by atoms with Crippen LogP contribution in [0.3, 0.4) is 0 Å². The number of nitrogens with zero attached hydrogens (tertiary/aromatic N) is 5. The average molecular weight is 496 g/mol. The molecule has 1 unspecified atom stereocenters. The van der Waals surface area contributed by atoms with E-state index in [2.05, 4.69) is 19.7 Å². The minimum Gasteiger partial charge on any atom is -0.370 e. The Labute approximate surface area is 205 Å². The van der Waals surface area contributed by atoms with Gasteiger partial charge in [0, 0.05) is 48.4 Å². The molecule has 7 nitrogen and oxygen atoms in total. The number of halogens is 1. The first-order chi connectivity index (χ1) is 16.8. The van der Waals surface area contributed by atoms with Crippen molar-refractivity contribution >= 4 is 15.7 Å². The lowest BCUT2D eigenvalue weighted by molar-refractivity contribution is 0.0306. The highest BCUT2D eigenvalue weighted by Crippen LogP contribution is 2.54. The molecule has 0 bridgehead atoms. The lowest BCUT2D eigenvalue weighted by Crippen LogP contribution is -2.62. The van der Waals surface area contributed by atoms with Crippen molar-refractivity contribution in [1.29, 1.82) is 0 Å². The Morgan fingerprint density at radius 2 is 1.74 bits per heavy atom. The maximum Gasteiger partial charge on any atom is 0.221 e. The summed E-state index contributed by atoms with van der Waals surface area (Å²) < 4.78 is 45.7. The fraction of sp³-hybridized carbons (Fsp3) is 0.462. The van der Waals surface area contributed by atoms with E-state index < -0.39 is 15.3 Å². The number of anilines is 1. The van der Waals surface area contributed by atoms with Gasteiger partial charge in [0.15, 0.2) is 0 Å². The van der Waals surface area contributed by atoms with Crippen molar-refractivity contribution in [2.75, 3.05) is 18.0 Å². The molecule has 3 heterocycles. The highest BCUT2D eigenvalue weighted by atomic mass is 32.2. The van der Waals surface area contributed by atoms with Gasteiger partial charge in [0.2, 0.25) is 10.0 Å². The second kappa shape index (κ2) is 8.41. The summed E-state index contributed by atoms with van der Waals surface area (Å²) >= 11 is 0. The SMILES string of the molecule is C[C@H]1CCC(c2ccccc2)S(=O)(=O)N1Cc1ccc(N2CC3(CC(n4cnnc4)C3)C2)cc1F. The summed E-state index contributed by atoms with van der Waals surface area (Å²) in [6.07, 6.45) is 7.07. The largest absolute Gasteiger partial charge is 0.370 e. The molecule has 1 saturated carbocycles. The van der Waals surface area contributed by atoms with E-state index in [-0.39, 0.29) is 18.4 Å². The molecular formula is C26H30FN5O2S. The van der Waals surface area contributed by atoms with E-state index in [4.69, 9.17) is 0 Å². The molecule has 2 saturated heterocycles. The van der Waals surface area contributed by atoms with Crippen LogP contribution in [0.15, 0.2) is 61.2 Å². The van der Waals surface area contributed by atoms with Crippen molar-refractivity contribution in [2.45, 2.75) is 56.5 Å². The van der Waals surface area contributed by atoms with Crippen LogP contribution in [0.2, 0.25) is 0 Å². The normalized spacial score (nSPS) is 25.8. The predicted molar refractivity (Wildman–Crippen MR) is 132 cm³/mol. The van der Waals surface area contributed by atoms with Crippen LogP contribution in [0.1, 0.15) is 55.0 Å². The summed E-state index contributed by atoms with van der Waals surface area (Å²) in [5, 5.41) is 7.20. The molecule has 35 heavy (non-hydrogen) atoms. The van der Waals surface area contributed by atoms with Gasteiger partial charge in [-0.3, -0.25) is 0 Å². The molecule has 1 spiro atoms. The summed E-state index contributed by atoms with van der Waals surface area (Å²) in [6, 6.07) is 14.9. The minimum atomic E-state index is -3.59. The van der Waals surface area contributed by atoms with Crippen LogP contribution in [0.5, 0.6) is 0 Å². The number of benzene rings is 2. The molecule has 2 aliphatic heterocycles. The second-order valence-electron chi connectivity index (χ2n) is 10.5. The fourth-order valence-corrected chi connectivity index (χ4v) is 8.32. The van der Waals surface area contributed by atoms with Crippen LogP contribution in [0.25, 0.3) is 0 Å². The molecule has 0 N–H and O–H groups in total. The summed E-state index contributed by atoms with van der Waals surface area (Å²) in [7, 11) is -3.59. The Kier molecular flexibility index (Phi) is 5.45. The Hall–Kier alpha value is -2.78. The maximum absolute atomic E-state index is 15.2. The third-order valence-electron chi connectivity index (χ3n) is 8.17. The van der Waals surface area contributed by atoms with Crippen LogP contribution in [0, 0.1) is 11.2 Å². The third kappa shape index (κ3) is 3.94. The molecule has 3 aromatic rings. The van der Waals surface area contributed by atoms with Gasteiger partial charge < -0.3 is 9.47 Å². The minimum absolute atomic E-state index is 0.0590. The smallest absolute Gasteiger partial charge is 0.221 e. The highest BCUT2D eigenvalue weighted by molar-refractivity contribution is 7.89. The van der Waals surface area contributed by atoms with Gasteiger partial charge in [-0.2, -0.15) is 4.31 Å². The van der Waals surface area contributed by atoms with Crippen molar-refractivity contribution in [3.8, 4) is 0 Å². The molecule has 0 radical (unpaired) electrons. The lowest BCUT2D eigenvalue weighted by Gasteiger charge is -2.60. The Balaban J connectivity index is 1.13. The Morgan fingerprint density at radius 1 is 1.03 bits per heavy atom. The standard InChI is InChI=1S/C26H30FN5O2S/c1-19-7-10-25(20-5-3-2-4-6-20)35(33,34)32(19)14-21-8-9-22(11-24(21)27)30-15-26(16-30)12-23(13-26)31-17-28-29-18-31/h2-6,8-9,11,17-19,23,25H,7,10,12-16H2,1H3/t19-,25?/m0/s1. The first-order valence-corrected chi connectivity index (χ1v) is 13.8. The molecule has 6 rings (SSSR count). The van der Waals surface area contributed by atoms with Gasteiger partial charge in [0.1, 0.15) is 23.7 Å². The Morgan fingerprint density at radius 3 is 2.43 bits per heavy atom. The number of sulfonamides is 1. The molecule has 184 valence electrons. The van der Waals surface area contributed by atoms with E-state index in [1.807, 2.05) is 43.3 Å².